The first-order chi connectivity index (χ1) is 12.7. The lowest BCUT2D eigenvalue weighted by atomic mass is 10.1. The van der Waals surface area contributed by atoms with Gasteiger partial charge in [-0.15, -0.1) is 10.2 Å². The monoisotopic (exact) mass is 345 g/mol. The van der Waals surface area contributed by atoms with Gasteiger partial charge in [-0.25, -0.2) is 0 Å². The summed E-state index contributed by atoms with van der Waals surface area (Å²) in [5.74, 6) is 2.37. The Bertz CT molecular complexity index is 1070. The predicted molar refractivity (Wildman–Crippen MR) is 102 cm³/mol. The molecule has 0 fully saturated rings. The number of fused-ring (bicyclic) bond motifs is 1. The van der Waals surface area contributed by atoms with Gasteiger partial charge in [-0.2, -0.15) is 0 Å². The van der Waals surface area contributed by atoms with Gasteiger partial charge in [-0.1, -0.05) is 24.3 Å². The van der Waals surface area contributed by atoms with E-state index in [1.54, 1.807) is 14.2 Å². The smallest absolute Gasteiger partial charge is 0.172 e. The van der Waals surface area contributed by atoms with Crippen LogP contribution >= 0.6 is 0 Å². The lowest BCUT2D eigenvalue weighted by Gasteiger charge is -2.09. The summed E-state index contributed by atoms with van der Waals surface area (Å²) >= 11 is 0. The molecule has 4 rings (SSSR count). The maximum Gasteiger partial charge on any atom is 0.172 e. The quantitative estimate of drug-likeness (QED) is 0.550. The van der Waals surface area contributed by atoms with Crippen LogP contribution in [0.5, 0.6) is 11.5 Å². The highest BCUT2D eigenvalue weighted by molar-refractivity contribution is 5.72. The molecule has 4 aromatic rings. The summed E-state index contributed by atoms with van der Waals surface area (Å²) < 4.78 is 12.8. The van der Waals surface area contributed by atoms with Crippen molar-refractivity contribution >= 4 is 5.65 Å². The number of hydrogen-bond acceptors (Lipinski definition) is 4. The molecular formula is C21H19N3O2. The van der Waals surface area contributed by atoms with Crippen LogP contribution in [0.2, 0.25) is 0 Å². The Morgan fingerprint density at radius 3 is 2.35 bits per heavy atom. The van der Waals surface area contributed by atoms with Crippen molar-refractivity contribution in [3.8, 4) is 34.0 Å². The molecule has 0 N–H and O–H groups in total. The van der Waals surface area contributed by atoms with E-state index in [0.717, 1.165) is 45.2 Å². The molecule has 0 bridgehead atoms. The largest absolute Gasteiger partial charge is 0.497 e. The van der Waals surface area contributed by atoms with Gasteiger partial charge in [-0.3, -0.25) is 4.40 Å². The summed E-state index contributed by atoms with van der Waals surface area (Å²) in [5.41, 5.74) is 5.01. The molecular weight excluding hydrogens is 326 g/mol. The number of para-hydroxylation sites is 1. The van der Waals surface area contributed by atoms with Crippen LogP contribution in [-0.4, -0.2) is 28.8 Å². The van der Waals surface area contributed by atoms with Crippen LogP contribution < -0.4 is 9.47 Å². The first-order valence-corrected chi connectivity index (χ1v) is 8.34. The first kappa shape index (κ1) is 16.1. The number of aromatic nitrogens is 3. The lowest BCUT2D eigenvalue weighted by molar-refractivity contribution is 0.415. The van der Waals surface area contributed by atoms with Crippen LogP contribution in [0.1, 0.15) is 5.56 Å². The second-order valence-corrected chi connectivity index (χ2v) is 6.06. The number of ether oxygens (including phenoxy) is 2. The molecule has 0 atom stereocenters. The Labute approximate surface area is 151 Å². The van der Waals surface area contributed by atoms with Crippen molar-refractivity contribution in [1.29, 1.82) is 0 Å². The number of aryl methyl sites for hydroxylation is 1. The van der Waals surface area contributed by atoms with E-state index >= 15 is 0 Å². The molecule has 0 saturated heterocycles. The van der Waals surface area contributed by atoms with Gasteiger partial charge >= 0.3 is 0 Å². The van der Waals surface area contributed by atoms with Crippen LogP contribution in [0.25, 0.3) is 28.2 Å². The number of rotatable bonds is 4. The van der Waals surface area contributed by atoms with Gasteiger partial charge < -0.3 is 9.47 Å². The van der Waals surface area contributed by atoms with Crippen LogP contribution in [0.3, 0.4) is 0 Å². The number of methoxy groups -OCH3 is 2. The summed E-state index contributed by atoms with van der Waals surface area (Å²) in [5, 5.41) is 8.78. The van der Waals surface area contributed by atoms with Gasteiger partial charge in [0.2, 0.25) is 0 Å². The third kappa shape index (κ3) is 2.67. The summed E-state index contributed by atoms with van der Waals surface area (Å²) in [6, 6.07) is 18.0. The highest BCUT2D eigenvalue weighted by Gasteiger charge is 2.15. The molecule has 0 radical (unpaired) electrons. The minimum absolute atomic E-state index is 0.760. The third-order valence-corrected chi connectivity index (χ3v) is 4.46. The molecule has 0 aliphatic carbocycles. The molecule has 0 unspecified atom stereocenters. The third-order valence-electron chi connectivity index (χ3n) is 4.46. The van der Waals surface area contributed by atoms with Gasteiger partial charge in [0.05, 0.1) is 19.8 Å². The van der Waals surface area contributed by atoms with Crippen molar-refractivity contribution in [3.63, 3.8) is 0 Å². The Kier molecular flexibility index (Phi) is 4.05. The maximum absolute atomic E-state index is 5.49. The van der Waals surface area contributed by atoms with E-state index in [0.29, 0.717) is 0 Å². The fraction of sp³-hybridized carbons (Fsp3) is 0.143. The second kappa shape index (κ2) is 6.52. The van der Waals surface area contributed by atoms with Gasteiger partial charge in [0.25, 0.3) is 0 Å². The number of benzene rings is 2. The Hall–Kier alpha value is -3.34. The molecule has 2 aromatic carbocycles. The Morgan fingerprint density at radius 1 is 0.846 bits per heavy atom. The summed E-state index contributed by atoms with van der Waals surface area (Å²) in [6.45, 7) is 2.04. The molecule has 5 nitrogen and oxygen atoms in total. The molecule has 0 aliphatic rings. The minimum Gasteiger partial charge on any atom is -0.497 e. The lowest BCUT2D eigenvalue weighted by Crippen LogP contribution is -1.95. The van der Waals surface area contributed by atoms with Crippen molar-refractivity contribution in [2.24, 2.45) is 0 Å². The molecule has 0 aliphatic heterocycles. The van der Waals surface area contributed by atoms with Crippen LogP contribution in [0.4, 0.5) is 0 Å². The highest BCUT2D eigenvalue weighted by Crippen LogP contribution is 2.31. The van der Waals surface area contributed by atoms with E-state index in [1.165, 1.54) is 0 Å². The number of pyridine rings is 1. The standard InChI is InChI=1S/C21H19N3O2/c1-14-12-16(15-8-10-17(25-2)11-9-15)13-24-20(14)22-23-21(24)18-6-4-5-7-19(18)26-3/h4-13H,1-3H3. The zero-order valence-electron chi connectivity index (χ0n) is 14.9. The summed E-state index contributed by atoms with van der Waals surface area (Å²) in [6.07, 6.45) is 2.06. The molecule has 26 heavy (non-hydrogen) atoms. The zero-order valence-corrected chi connectivity index (χ0v) is 14.9. The molecule has 5 heteroatoms. The average molecular weight is 345 g/mol. The Balaban J connectivity index is 1.90. The molecule has 0 spiro atoms. The summed E-state index contributed by atoms with van der Waals surface area (Å²) in [7, 11) is 3.33. The van der Waals surface area contributed by atoms with E-state index < -0.39 is 0 Å². The SMILES string of the molecule is COc1ccc(-c2cc(C)c3nnc(-c4ccccc4OC)n3c2)cc1. The molecule has 130 valence electrons. The van der Waals surface area contributed by atoms with Gasteiger partial charge in [0.15, 0.2) is 11.5 Å². The normalized spacial score (nSPS) is 10.9. The van der Waals surface area contributed by atoms with Crippen molar-refractivity contribution in [2.75, 3.05) is 14.2 Å². The fourth-order valence-electron chi connectivity index (χ4n) is 3.11. The van der Waals surface area contributed by atoms with Gasteiger partial charge in [-0.05, 0) is 53.9 Å². The topological polar surface area (TPSA) is 48.7 Å². The predicted octanol–water partition coefficient (Wildman–Crippen LogP) is 4.39. The minimum atomic E-state index is 0.760. The highest BCUT2D eigenvalue weighted by atomic mass is 16.5. The Morgan fingerprint density at radius 2 is 1.62 bits per heavy atom. The number of hydrogen-bond donors (Lipinski definition) is 0. The second-order valence-electron chi connectivity index (χ2n) is 6.06. The summed E-state index contributed by atoms with van der Waals surface area (Å²) in [4.78, 5) is 0. The number of nitrogens with zero attached hydrogens (tertiary/aromatic N) is 3. The fourth-order valence-corrected chi connectivity index (χ4v) is 3.11. The molecule has 0 amide bonds. The first-order valence-electron chi connectivity index (χ1n) is 8.34. The van der Waals surface area contributed by atoms with Crippen LogP contribution in [0.15, 0.2) is 60.8 Å². The van der Waals surface area contributed by atoms with E-state index in [-0.39, 0.29) is 0 Å². The molecule has 0 saturated carbocycles. The maximum atomic E-state index is 5.49. The molecule has 2 aromatic heterocycles. The van der Waals surface area contributed by atoms with Crippen molar-refractivity contribution in [1.82, 2.24) is 14.6 Å². The van der Waals surface area contributed by atoms with Crippen molar-refractivity contribution in [2.45, 2.75) is 6.92 Å². The van der Waals surface area contributed by atoms with Crippen molar-refractivity contribution < 1.29 is 9.47 Å². The van der Waals surface area contributed by atoms with Crippen LogP contribution in [0, 0.1) is 6.92 Å². The van der Waals surface area contributed by atoms with Crippen LogP contribution in [-0.2, 0) is 0 Å². The van der Waals surface area contributed by atoms with Gasteiger partial charge in [0, 0.05) is 6.20 Å². The van der Waals surface area contributed by atoms with E-state index in [2.05, 4.69) is 22.5 Å². The van der Waals surface area contributed by atoms with Gasteiger partial charge in [0.1, 0.15) is 11.5 Å². The van der Waals surface area contributed by atoms with E-state index in [4.69, 9.17) is 9.47 Å². The zero-order chi connectivity index (χ0) is 18.1. The van der Waals surface area contributed by atoms with Crippen molar-refractivity contribution in [3.05, 3.63) is 66.4 Å². The van der Waals surface area contributed by atoms with E-state index in [1.807, 2.05) is 59.9 Å². The van der Waals surface area contributed by atoms with E-state index in [9.17, 15) is 0 Å². The average Bonchev–Trinajstić information content (AvgIpc) is 3.12. The molecule has 2 heterocycles.